The molecule has 3 aromatic rings. The van der Waals surface area contributed by atoms with Gasteiger partial charge in [0.2, 0.25) is 0 Å². The molecule has 5 heteroatoms. The first-order valence-electron chi connectivity index (χ1n) is 10.1. The quantitative estimate of drug-likeness (QED) is 0.596. The summed E-state index contributed by atoms with van der Waals surface area (Å²) >= 11 is 0. The van der Waals surface area contributed by atoms with E-state index in [1.807, 2.05) is 74.5 Å². The predicted molar refractivity (Wildman–Crippen MR) is 121 cm³/mol. The maximum absolute atomic E-state index is 13.5. The van der Waals surface area contributed by atoms with Crippen molar-refractivity contribution in [2.75, 3.05) is 12.4 Å². The summed E-state index contributed by atoms with van der Waals surface area (Å²) in [6, 6.07) is 22.7. The molecule has 31 heavy (non-hydrogen) atoms. The molecule has 0 bridgehead atoms. The van der Waals surface area contributed by atoms with Gasteiger partial charge in [-0.05, 0) is 37.1 Å². The number of carbonyl (C=O) groups excluding carboxylic acids is 2. The molecule has 0 aromatic heterocycles. The van der Waals surface area contributed by atoms with Crippen LogP contribution < -0.4 is 10.1 Å². The smallest absolute Gasteiger partial charge is 0.278 e. The molecule has 5 nitrogen and oxygen atoms in total. The standard InChI is InChI=1S/C26H24N2O3/c1-17-12-14-19(15-13-17)16-28-25(29)23(20-9-5-7-11-22(20)31-3)24(26(28)30)27-21-10-6-4-8-18(21)2/h4-15,27H,16H2,1-3H3. The van der Waals surface area contributed by atoms with Gasteiger partial charge in [0, 0.05) is 11.3 Å². The Morgan fingerprint density at radius 3 is 2.23 bits per heavy atom. The zero-order valence-electron chi connectivity index (χ0n) is 17.8. The summed E-state index contributed by atoms with van der Waals surface area (Å²) in [5.41, 5.74) is 4.94. The highest BCUT2D eigenvalue weighted by Gasteiger charge is 2.40. The van der Waals surface area contributed by atoms with Crippen molar-refractivity contribution in [2.45, 2.75) is 20.4 Å². The van der Waals surface area contributed by atoms with Gasteiger partial charge in [0.25, 0.3) is 11.8 Å². The molecule has 0 atom stereocenters. The van der Waals surface area contributed by atoms with E-state index in [1.165, 1.54) is 4.90 Å². The van der Waals surface area contributed by atoms with Gasteiger partial charge >= 0.3 is 0 Å². The molecule has 0 fully saturated rings. The van der Waals surface area contributed by atoms with E-state index in [2.05, 4.69) is 5.32 Å². The number of nitrogens with one attached hydrogen (secondary N) is 1. The van der Waals surface area contributed by atoms with Crippen molar-refractivity contribution in [1.29, 1.82) is 0 Å². The Kier molecular flexibility index (Phi) is 5.58. The van der Waals surface area contributed by atoms with Crippen LogP contribution in [-0.4, -0.2) is 23.8 Å². The number of nitrogens with zero attached hydrogens (tertiary/aromatic N) is 1. The number of hydrogen-bond acceptors (Lipinski definition) is 4. The number of benzene rings is 3. The van der Waals surface area contributed by atoms with Crippen molar-refractivity contribution < 1.29 is 14.3 Å². The van der Waals surface area contributed by atoms with Crippen molar-refractivity contribution in [3.63, 3.8) is 0 Å². The SMILES string of the molecule is COc1ccccc1C1=C(Nc2ccccc2C)C(=O)N(Cc2ccc(C)cc2)C1=O. The van der Waals surface area contributed by atoms with Crippen LogP contribution in [0.15, 0.2) is 78.5 Å². The number of methoxy groups -OCH3 is 1. The first kappa shape index (κ1) is 20.4. The van der Waals surface area contributed by atoms with E-state index in [4.69, 9.17) is 4.74 Å². The Bertz CT molecular complexity index is 1180. The van der Waals surface area contributed by atoms with E-state index in [9.17, 15) is 9.59 Å². The number of rotatable bonds is 6. The van der Waals surface area contributed by atoms with Crippen molar-refractivity contribution in [1.82, 2.24) is 4.90 Å². The van der Waals surface area contributed by atoms with E-state index >= 15 is 0 Å². The molecule has 0 saturated heterocycles. The maximum Gasteiger partial charge on any atom is 0.278 e. The summed E-state index contributed by atoms with van der Waals surface area (Å²) < 4.78 is 5.49. The first-order chi connectivity index (χ1) is 15.0. The predicted octanol–water partition coefficient (Wildman–Crippen LogP) is 4.70. The summed E-state index contributed by atoms with van der Waals surface area (Å²) in [6.45, 7) is 4.16. The molecule has 0 saturated carbocycles. The topological polar surface area (TPSA) is 58.6 Å². The lowest BCUT2D eigenvalue weighted by Crippen LogP contribution is -2.32. The minimum absolute atomic E-state index is 0.204. The third kappa shape index (κ3) is 3.94. The molecule has 1 N–H and O–H groups in total. The molecule has 1 aliphatic rings. The maximum atomic E-state index is 13.5. The van der Waals surface area contributed by atoms with Gasteiger partial charge in [-0.3, -0.25) is 14.5 Å². The van der Waals surface area contributed by atoms with E-state index in [0.29, 0.717) is 16.9 Å². The minimum atomic E-state index is -0.352. The average molecular weight is 412 g/mol. The highest BCUT2D eigenvalue weighted by atomic mass is 16.5. The van der Waals surface area contributed by atoms with E-state index in [-0.39, 0.29) is 24.1 Å². The number of ether oxygens (including phenoxy) is 1. The monoisotopic (exact) mass is 412 g/mol. The Morgan fingerprint density at radius 1 is 0.839 bits per heavy atom. The fourth-order valence-electron chi connectivity index (χ4n) is 3.66. The summed E-state index contributed by atoms with van der Waals surface area (Å²) in [7, 11) is 1.55. The summed E-state index contributed by atoms with van der Waals surface area (Å²) in [6.07, 6.45) is 0. The molecule has 3 aromatic carbocycles. The molecule has 0 spiro atoms. The highest BCUT2D eigenvalue weighted by Crippen LogP contribution is 2.36. The molecule has 2 amide bonds. The number of imide groups is 1. The minimum Gasteiger partial charge on any atom is -0.496 e. The van der Waals surface area contributed by atoms with Crippen molar-refractivity contribution in [3.8, 4) is 5.75 Å². The fraction of sp³-hybridized carbons (Fsp3) is 0.154. The Labute approximate surface area is 182 Å². The molecular formula is C26H24N2O3. The van der Waals surface area contributed by atoms with Crippen LogP contribution in [0.4, 0.5) is 5.69 Å². The van der Waals surface area contributed by atoms with Crippen molar-refractivity contribution in [2.24, 2.45) is 0 Å². The van der Waals surface area contributed by atoms with E-state index in [0.717, 1.165) is 22.4 Å². The van der Waals surface area contributed by atoms with Crippen LogP contribution in [0.1, 0.15) is 22.3 Å². The first-order valence-corrected chi connectivity index (χ1v) is 10.1. The molecular weight excluding hydrogens is 388 g/mol. The number of anilines is 1. The van der Waals surface area contributed by atoms with E-state index < -0.39 is 0 Å². The second-order valence-electron chi connectivity index (χ2n) is 7.57. The lowest BCUT2D eigenvalue weighted by Gasteiger charge is -2.16. The second-order valence-corrected chi connectivity index (χ2v) is 7.57. The third-order valence-electron chi connectivity index (χ3n) is 5.41. The molecule has 0 unspecified atom stereocenters. The average Bonchev–Trinajstić information content (AvgIpc) is 3.01. The van der Waals surface area contributed by atoms with Gasteiger partial charge in [-0.25, -0.2) is 0 Å². The van der Waals surface area contributed by atoms with E-state index in [1.54, 1.807) is 19.2 Å². The molecule has 1 aliphatic heterocycles. The fourth-order valence-corrected chi connectivity index (χ4v) is 3.66. The van der Waals surface area contributed by atoms with Gasteiger partial charge < -0.3 is 10.1 Å². The number of amides is 2. The van der Waals surface area contributed by atoms with Crippen LogP contribution in [-0.2, 0) is 16.1 Å². The summed E-state index contributed by atoms with van der Waals surface area (Å²) in [5, 5.41) is 3.23. The zero-order valence-corrected chi connectivity index (χ0v) is 17.8. The van der Waals surface area contributed by atoms with Crippen molar-refractivity contribution >= 4 is 23.1 Å². The summed E-state index contributed by atoms with van der Waals surface area (Å²) in [5.74, 6) is -0.152. The van der Waals surface area contributed by atoms with Crippen LogP contribution in [0.5, 0.6) is 5.75 Å². The number of carbonyl (C=O) groups is 2. The largest absolute Gasteiger partial charge is 0.496 e. The van der Waals surface area contributed by atoms with Gasteiger partial charge in [-0.2, -0.15) is 0 Å². The molecule has 0 radical (unpaired) electrons. The van der Waals surface area contributed by atoms with Crippen LogP contribution in [0.25, 0.3) is 5.57 Å². The Hall–Kier alpha value is -3.86. The highest BCUT2D eigenvalue weighted by molar-refractivity contribution is 6.37. The lowest BCUT2D eigenvalue weighted by molar-refractivity contribution is -0.137. The number of hydrogen-bond donors (Lipinski definition) is 1. The molecule has 1 heterocycles. The van der Waals surface area contributed by atoms with Crippen molar-refractivity contribution in [3.05, 3.63) is 101 Å². The molecule has 156 valence electrons. The van der Waals surface area contributed by atoms with Gasteiger partial charge in [0.1, 0.15) is 11.4 Å². The Balaban J connectivity index is 1.79. The number of para-hydroxylation sites is 2. The van der Waals surface area contributed by atoms with Gasteiger partial charge in [-0.1, -0.05) is 66.2 Å². The van der Waals surface area contributed by atoms with Gasteiger partial charge in [0.15, 0.2) is 0 Å². The molecule has 4 rings (SSSR count). The lowest BCUT2D eigenvalue weighted by atomic mass is 10.0. The third-order valence-corrected chi connectivity index (χ3v) is 5.41. The van der Waals surface area contributed by atoms with Crippen LogP contribution in [0.3, 0.4) is 0 Å². The zero-order chi connectivity index (χ0) is 22.0. The van der Waals surface area contributed by atoms with Gasteiger partial charge in [-0.15, -0.1) is 0 Å². The molecule has 0 aliphatic carbocycles. The normalized spacial score (nSPS) is 13.7. The van der Waals surface area contributed by atoms with Crippen LogP contribution >= 0.6 is 0 Å². The van der Waals surface area contributed by atoms with Crippen LogP contribution in [0, 0.1) is 13.8 Å². The van der Waals surface area contributed by atoms with Gasteiger partial charge in [0.05, 0.1) is 19.2 Å². The Morgan fingerprint density at radius 2 is 1.52 bits per heavy atom. The second kappa shape index (κ2) is 8.48. The summed E-state index contributed by atoms with van der Waals surface area (Å²) in [4.78, 5) is 28.2. The number of aryl methyl sites for hydroxylation is 2. The van der Waals surface area contributed by atoms with Crippen LogP contribution in [0.2, 0.25) is 0 Å².